The fourth-order valence-electron chi connectivity index (χ4n) is 4.61. The van der Waals surface area contributed by atoms with Gasteiger partial charge in [-0.15, -0.1) is 0 Å². The van der Waals surface area contributed by atoms with Crippen LogP contribution in [0.2, 0.25) is 0 Å². The molecule has 2 aromatic heterocycles. The second-order valence-electron chi connectivity index (χ2n) is 8.83. The van der Waals surface area contributed by atoms with Gasteiger partial charge in [-0.05, 0) is 66.8 Å². The lowest BCUT2D eigenvalue weighted by Gasteiger charge is -2.27. The predicted octanol–water partition coefficient (Wildman–Crippen LogP) is 5.27. The number of ether oxygens (including phenoxy) is 2. The van der Waals surface area contributed by atoms with Crippen LogP contribution in [-0.2, 0) is 9.53 Å². The van der Waals surface area contributed by atoms with Crippen molar-refractivity contribution in [3.63, 3.8) is 0 Å². The summed E-state index contributed by atoms with van der Waals surface area (Å²) in [6.07, 6.45) is 1.73. The van der Waals surface area contributed by atoms with Crippen LogP contribution in [0.1, 0.15) is 40.8 Å². The molecule has 2 aromatic carbocycles. The van der Waals surface area contributed by atoms with Gasteiger partial charge in [-0.3, -0.25) is 9.78 Å². The van der Waals surface area contributed by atoms with Crippen LogP contribution in [0.25, 0.3) is 11.3 Å². The number of esters is 1. The van der Waals surface area contributed by atoms with Crippen LogP contribution in [0.3, 0.4) is 0 Å². The number of methoxy groups -OCH3 is 2. The minimum absolute atomic E-state index is 0.218. The topological polar surface area (TPSA) is 106 Å². The number of aromatic nitrogens is 1. The minimum atomic E-state index is -0.404. The number of thiocarbonyl (C=S) groups is 1. The van der Waals surface area contributed by atoms with Crippen LogP contribution in [0.4, 0.5) is 11.4 Å². The largest absolute Gasteiger partial charge is 0.495 e. The van der Waals surface area contributed by atoms with Gasteiger partial charge in [-0.2, -0.15) is 0 Å². The van der Waals surface area contributed by atoms with Crippen LogP contribution in [0.5, 0.6) is 5.75 Å². The van der Waals surface area contributed by atoms with Gasteiger partial charge in [0.25, 0.3) is 0 Å². The number of nitrogens with zero attached hydrogens (tertiary/aromatic N) is 2. The van der Waals surface area contributed by atoms with E-state index in [4.69, 9.17) is 26.1 Å². The van der Waals surface area contributed by atoms with Crippen molar-refractivity contribution >= 4 is 40.6 Å². The highest BCUT2D eigenvalue weighted by molar-refractivity contribution is 7.80. The van der Waals surface area contributed by atoms with E-state index in [0.29, 0.717) is 33.6 Å². The molecule has 1 aliphatic heterocycles. The van der Waals surface area contributed by atoms with E-state index in [1.165, 1.54) is 14.0 Å². The van der Waals surface area contributed by atoms with Gasteiger partial charge in [0.1, 0.15) is 23.3 Å². The first-order valence-electron chi connectivity index (χ1n) is 12.1. The number of hydrogen-bond acceptors (Lipinski definition) is 7. The van der Waals surface area contributed by atoms with Crippen molar-refractivity contribution in [3.05, 3.63) is 96.0 Å². The third-order valence-electron chi connectivity index (χ3n) is 6.38. The lowest BCUT2D eigenvalue weighted by molar-refractivity contribution is -0.114. The maximum Gasteiger partial charge on any atom is 0.337 e. The number of amides is 1. The number of carbonyl (C=O) groups excluding carboxylic acids is 2. The Morgan fingerprint density at radius 3 is 2.51 bits per heavy atom. The molecule has 1 aliphatic rings. The van der Waals surface area contributed by atoms with E-state index in [1.807, 2.05) is 59.5 Å². The highest BCUT2D eigenvalue weighted by Crippen LogP contribution is 2.44. The van der Waals surface area contributed by atoms with Crippen molar-refractivity contribution in [3.8, 4) is 17.1 Å². The molecule has 4 aromatic rings. The van der Waals surface area contributed by atoms with Gasteiger partial charge in [0.15, 0.2) is 5.11 Å². The summed E-state index contributed by atoms with van der Waals surface area (Å²) in [6.45, 7) is 1.44. The summed E-state index contributed by atoms with van der Waals surface area (Å²) in [5.41, 5.74) is 3.32. The highest BCUT2D eigenvalue weighted by Gasteiger charge is 2.42. The Labute approximate surface area is 230 Å². The van der Waals surface area contributed by atoms with E-state index in [-0.39, 0.29) is 11.9 Å². The van der Waals surface area contributed by atoms with Crippen molar-refractivity contribution < 1.29 is 23.5 Å². The Hall–Kier alpha value is -4.70. The monoisotopic (exact) mass is 542 g/mol. The van der Waals surface area contributed by atoms with E-state index < -0.39 is 12.0 Å². The van der Waals surface area contributed by atoms with Crippen molar-refractivity contribution in [2.75, 3.05) is 24.4 Å². The molecule has 5 rings (SSSR count). The number of anilines is 2. The molecule has 39 heavy (non-hydrogen) atoms. The molecule has 0 aliphatic carbocycles. The normalized spacial score (nSPS) is 16.5. The van der Waals surface area contributed by atoms with Crippen LogP contribution in [-0.4, -0.2) is 36.2 Å². The number of carbonyl (C=O) groups is 2. The third-order valence-corrected chi connectivity index (χ3v) is 6.69. The first kappa shape index (κ1) is 25.9. The van der Waals surface area contributed by atoms with Gasteiger partial charge in [0.05, 0.1) is 37.2 Å². The smallest absolute Gasteiger partial charge is 0.337 e. The molecule has 0 saturated carbocycles. The number of benzene rings is 2. The van der Waals surface area contributed by atoms with E-state index >= 15 is 0 Å². The number of furan rings is 1. The van der Waals surface area contributed by atoms with Crippen molar-refractivity contribution in [1.82, 2.24) is 10.3 Å². The number of hydrogen-bond donors (Lipinski definition) is 2. The summed E-state index contributed by atoms with van der Waals surface area (Å²) in [4.78, 5) is 30.2. The zero-order valence-corrected chi connectivity index (χ0v) is 22.3. The first-order valence-corrected chi connectivity index (χ1v) is 12.5. The SMILES string of the molecule is COC(=O)c1ccc(-c2ccc([C@H]3[C@@H](c4ccccn4)NC(=S)N3c3ccc(OC)c(NC(C)=O)c3)o2)cc1. The van der Waals surface area contributed by atoms with Crippen molar-refractivity contribution in [1.29, 1.82) is 0 Å². The fraction of sp³-hybridized carbons (Fsp3) is 0.172. The van der Waals surface area contributed by atoms with Crippen molar-refractivity contribution in [2.45, 2.75) is 19.0 Å². The van der Waals surface area contributed by atoms with Gasteiger partial charge in [-0.25, -0.2) is 4.79 Å². The average molecular weight is 543 g/mol. The zero-order valence-electron chi connectivity index (χ0n) is 21.5. The molecular formula is C29H26N4O5S. The number of nitrogens with one attached hydrogen (secondary N) is 2. The predicted molar refractivity (Wildman–Crippen MR) is 151 cm³/mol. The third kappa shape index (κ3) is 5.19. The van der Waals surface area contributed by atoms with Gasteiger partial charge in [0, 0.05) is 24.4 Å². The summed E-state index contributed by atoms with van der Waals surface area (Å²) in [5, 5.41) is 6.70. The van der Waals surface area contributed by atoms with E-state index in [1.54, 1.807) is 31.5 Å². The van der Waals surface area contributed by atoms with Crippen LogP contribution >= 0.6 is 12.2 Å². The van der Waals surface area contributed by atoms with Gasteiger partial charge in [0.2, 0.25) is 5.91 Å². The Bertz CT molecular complexity index is 1520. The fourth-order valence-corrected chi connectivity index (χ4v) is 4.96. The molecule has 9 nitrogen and oxygen atoms in total. The second kappa shape index (κ2) is 11.0. The molecule has 10 heteroatoms. The Morgan fingerprint density at radius 2 is 1.85 bits per heavy atom. The standard InChI is InChI=1S/C29H26N4O5S/c1-17(34)31-22-16-20(11-12-24(22)36-2)33-27(26(32-29(33)39)21-6-4-5-15-30-21)25-14-13-23(38-25)18-7-9-19(10-8-18)28(35)37-3/h4-16,26-27H,1-3H3,(H,31,34)(H,32,39)/t26-,27+/m1/s1. The minimum Gasteiger partial charge on any atom is -0.495 e. The molecule has 198 valence electrons. The van der Waals surface area contributed by atoms with Crippen LogP contribution < -0.4 is 20.3 Å². The molecule has 1 amide bonds. The van der Waals surface area contributed by atoms with E-state index in [0.717, 1.165) is 16.9 Å². The lowest BCUT2D eigenvalue weighted by Crippen LogP contribution is -2.29. The summed E-state index contributed by atoms with van der Waals surface area (Å²) in [5.74, 6) is 1.19. The summed E-state index contributed by atoms with van der Waals surface area (Å²) in [6, 6.07) is 21.3. The highest BCUT2D eigenvalue weighted by atomic mass is 32.1. The average Bonchev–Trinajstić information content (AvgIpc) is 3.57. The number of pyridine rings is 1. The molecule has 3 heterocycles. The van der Waals surface area contributed by atoms with Crippen molar-refractivity contribution in [2.24, 2.45) is 0 Å². The summed E-state index contributed by atoms with van der Waals surface area (Å²) >= 11 is 5.80. The Morgan fingerprint density at radius 1 is 1.05 bits per heavy atom. The second-order valence-corrected chi connectivity index (χ2v) is 9.22. The molecule has 2 atom stereocenters. The lowest BCUT2D eigenvalue weighted by atomic mass is 10.0. The molecular weight excluding hydrogens is 516 g/mol. The molecule has 2 N–H and O–H groups in total. The van der Waals surface area contributed by atoms with Gasteiger partial charge >= 0.3 is 5.97 Å². The maximum absolute atomic E-state index is 11.8. The van der Waals surface area contributed by atoms with Gasteiger partial charge in [-0.1, -0.05) is 18.2 Å². The molecule has 1 saturated heterocycles. The van der Waals surface area contributed by atoms with E-state index in [9.17, 15) is 9.59 Å². The Balaban J connectivity index is 1.56. The first-order chi connectivity index (χ1) is 18.9. The Kier molecular flexibility index (Phi) is 7.29. The molecule has 1 fully saturated rings. The van der Waals surface area contributed by atoms with Gasteiger partial charge < -0.3 is 29.4 Å². The van der Waals surface area contributed by atoms with Crippen LogP contribution in [0, 0.1) is 0 Å². The van der Waals surface area contributed by atoms with E-state index in [2.05, 4.69) is 15.6 Å². The van der Waals surface area contributed by atoms with Crippen LogP contribution in [0.15, 0.2) is 83.4 Å². The zero-order chi connectivity index (χ0) is 27.5. The molecule has 0 bridgehead atoms. The number of rotatable bonds is 7. The molecule has 0 spiro atoms. The quantitative estimate of drug-likeness (QED) is 0.239. The summed E-state index contributed by atoms with van der Waals surface area (Å²) < 4.78 is 16.6. The summed E-state index contributed by atoms with van der Waals surface area (Å²) in [7, 11) is 2.89. The molecule has 0 unspecified atom stereocenters. The molecule has 0 radical (unpaired) electrons. The maximum atomic E-state index is 11.8.